The van der Waals surface area contributed by atoms with Gasteiger partial charge in [-0.1, -0.05) is 26.0 Å². The summed E-state index contributed by atoms with van der Waals surface area (Å²) < 4.78 is 0. The predicted octanol–water partition coefficient (Wildman–Crippen LogP) is 0.339. The van der Waals surface area contributed by atoms with E-state index in [9.17, 15) is 29.4 Å². The number of carbonyl (C=O) groups excluding carboxylic acids is 3. The highest BCUT2D eigenvalue weighted by Gasteiger charge is 2.31. The van der Waals surface area contributed by atoms with Crippen LogP contribution in [0.1, 0.15) is 45.1 Å². The van der Waals surface area contributed by atoms with Crippen LogP contribution in [-0.4, -0.2) is 76.6 Å². The number of phenolic OH excluding ortho intramolecular Hbond substituents is 1. The first-order chi connectivity index (χ1) is 17.5. The summed E-state index contributed by atoms with van der Waals surface area (Å²) in [4.78, 5) is 50.4. The molecule has 0 aliphatic rings. The van der Waals surface area contributed by atoms with Gasteiger partial charge in [0.25, 0.3) is 0 Å². The number of carbonyl (C=O) groups is 4. The lowest BCUT2D eigenvalue weighted by atomic mass is 10.0. The van der Waals surface area contributed by atoms with Gasteiger partial charge in [0.05, 0.1) is 6.04 Å². The molecule has 0 saturated heterocycles. The summed E-state index contributed by atoms with van der Waals surface area (Å²) >= 11 is 1.48. The second-order valence-corrected chi connectivity index (χ2v) is 10.2. The van der Waals surface area contributed by atoms with E-state index in [0.29, 0.717) is 31.6 Å². The number of hydrogen-bond acceptors (Lipinski definition) is 8. The minimum Gasteiger partial charge on any atom is -0.508 e. The SMILES string of the molecule is CSCCC(NC(=O)C(CCCCN)NC(=O)C(N)Cc1ccc(O)cc1)C(=O)NC(C(=O)O)C(C)C. The molecule has 0 bridgehead atoms. The van der Waals surface area contributed by atoms with E-state index >= 15 is 0 Å². The van der Waals surface area contributed by atoms with Crippen molar-refractivity contribution in [3.05, 3.63) is 29.8 Å². The lowest BCUT2D eigenvalue weighted by molar-refractivity contribution is -0.143. The van der Waals surface area contributed by atoms with Gasteiger partial charge in [-0.05, 0) is 74.3 Å². The number of nitrogens with two attached hydrogens (primary N) is 2. The van der Waals surface area contributed by atoms with Gasteiger partial charge in [0.1, 0.15) is 23.9 Å². The topological polar surface area (TPSA) is 197 Å². The number of rotatable bonds is 17. The van der Waals surface area contributed by atoms with Gasteiger partial charge in [0.2, 0.25) is 17.7 Å². The molecular weight excluding hydrogens is 498 g/mol. The Balaban J connectivity index is 2.95. The number of hydrogen-bond donors (Lipinski definition) is 7. The second-order valence-electron chi connectivity index (χ2n) is 9.23. The van der Waals surface area contributed by atoms with Crippen molar-refractivity contribution >= 4 is 35.5 Å². The van der Waals surface area contributed by atoms with Crippen LogP contribution in [0.3, 0.4) is 0 Å². The summed E-state index contributed by atoms with van der Waals surface area (Å²) in [5.74, 6) is -2.54. The molecule has 12 heteroatoms. The molecule has 0 aromatic heterocycles. The highest BCUT2D eigenvalue weighted by molar-refractivity contribution is 7.98. The van der Waals surface area contributed by atoms with Crippen molar-refractivity contribution in [3.8, 4) is 5.75 Å². The van der Waals surface area contributed by atoms with Crippen molar-refractivity contribution in [3.63, 3.8) is 0 Å². The van der Waals surface area contributed by atoms with Gasteiger partial charge in [-0.25, -0.2) is 4.79 Å². The van der Waals surface area contributed by atoms with E-state index in [4.69, 9.17) is 11.5 Å². The molecule has 37 heavy (non-hydrogen) atoms. The average Bonchev–Trinajstić information content (AvgIpc) is 2.84. The van der Waals surface area contributed by atoms with Crippen LogP contribution < -0.4 is 27.4 Å². The van der Waals surface area contributed by atoms with E-state index < -0.39 is 47.9 Å². The average molecular weight is 540 g/mol. The summed E-state index contributed by atoms with van der Waals surface area (Å²) in [7, 11) is 0. The number of carboxylic acids is 1. The summed E-state index contributed by atoms with van der Waals surface area (Å²) in [5, 5.41) is 26.7. The Morgan fingerprint density at radius 3 is 2.03 bits per heavy atom. The highest BCUT2D eigenvalue weighted by Crippen LogP contribution is 2.12. The van der Waals surface area contributed by atoms with Gasteiger partial charge in [-0.3, -0.25) is 14.4 Å². The monoisotopic (exact) mass is 539 g/mol. The normalized spacial score (nSPS) is 14.3. The Hall–Kier alpha value is -2.83. The summed E-state index contributed by atoms with van der Waals surface area (Å²) in [6, 6.07) is 2.35. The molecule has 0 aliphatic carbocycles. The van der Waals surface area contributed by atoms with Crippen molar-refractivity contribution in [2.75, 3.05) is 18.6 Å². The van der Waals surface area contributed by atoms with E-state index in [1.807, 2.05) is 6.26 Å². The molecule has 0 spiro atoms. The number of aromatic hydroxyl groups is 1. The summed E-state index contributed by atoms with van der Waals surface area (Å²) in [6.45, 7) is 3.78. The molecule has 0 radical (unpaired) electrons. The maximum atomic E-state index is 13.2. The number of unbranched alkanes of at least 4 members (excludes halogenated alkanes) is 1. The summed E-state index contributed by atoms with van der Waals surface area (Å²) in [6.07, 6.45) is 3.85. The number of benzene rings is 1. The highest BCUT2D eigenvalue weighted by atomic mass is 32.2. The molecule has 1 rings (SSSR count). The molecule has 11 nitrogen and oxygen atoms in total. The number of amides is 3. The Kier molecular flexibility index (Phi) is 14.6. The van der Waals surface area contributed by atoms with Crippen LogP contribution in [0.4, 0.5) is 0 Å². The van der Waals surface area contributed by atoms with Crippen LogP contribution in [0, 0.1) is 5.92 Å². The number of carboxylic acid groups (broad SMARTS) is 1. The Morgan fingerprint density at radius 1 is 0.919 bits per heavy atom. The molecule has 1 aromatic rings. The standard InChI is InChI=1S/C25H41N5O6S/c1-15(2)21(25(35)36)30-24(34)20(11-13-37-3)29-23(33)19(6-4-5-12-26)28-22(32)18(27)14-16-7-9-17(31)10-8-16/h7-10,15,18-21,31H,4-6,11-14,26-27H2,1-3H3,(H,28,32)(H,29,33)(H,30,34)(H,35,36). The van der Waals surface area contributed by atoms with E-state index in [-0.39, 0.29) is 24.5 Å². The van der Waals surface area contributed by atoms with Gasteiger partial charge < -0.3 is 37.6 Å². The first-order valence-corrected chi connectivity index (χ1v) is 13.8. The van der Waals surface area contributed by atoms with Crippen LogP contribution in [0.2, 0.25) is 0 Å². The predicted molar refractivity (Wildman–Crippen MR) is 144 cm³/mol. The zero-order chi connectivity index (χ0) is 28.0. The third kappa shape index (κ3) is 11.8. The molecule has 9 N–H and O–H groups in total. The quantitative estimate of drug-likeness (QED) is 0.136. The maximum absolute atomic E-state index is 13.2. The Labute approximate surface area is 222 Å². The first kappa shape index (κ1) is 32.2. The maximum Gasteiger partial charge on any atom is 0.326 e. The van der Waals surface area contributed by atoms with Gasteiger partial charge in [0.15, 0.2) is 0 Å². The molecule has 3 amide bonds. The molecule has 1 aromatic carbocycles. The fraction of sp³-hybridized carbons (Fsp3) is 0.600. The lowest BCUT2D eigenvalue weighted by Gasteiger charge is -2.26. The molecule has 0 saturated carbocycles. The number of aliphatic carboxylic acids is 1. The van der Waals surface area contributed by atoms with Crippen molar-refractivity contribution in [1.29, 1.82) is 0 Å². The minimum atomic E-state index is -1.16. The van der Waals surface area contributed by atoms with E-state index in [1.54, 1.807) is 26.0 Å². The molecular formula is C25H41N5O6S. The van der Waals surface area contributed by atoms with Gasteiger partial charge in [-0.15, -0.1) is 0 Å². The van der Waals surface area contributed by atoms with Crippen LogP contribution in [0.15, 0.2) is 24.3 Å². The molecule has 208 valence electrons. The Bertz CT molecular complexity index is 883. The molecule has 0 heterocycles. The van der Waals surface area contributed by atoms with E-state index in [2.05, 4.69) is 16.0 Å². The molecule has 0 aliphatic heterocycles. The van der Waals surface area contributed by atoms with Crippen molar-refractivity contribution in [1.82, 2.24) is 16.0 Å². The van der Waals surface area contributed by atoms with Gasteiger partial charge in [-0.2, -0.15) is 11.8 Å². The number of nitrogens with one attached hydrogen (secondary N) is 3. The first-order valence-electron chi connectivity index (χ1n) is 12.4. The van der Waals surface area contributed by atoms with Gasteiger partial charge in [0, 0.05) is 0 Å². The second kappa shape index (κ2) is 16.8. The Morgan fingerprint density at radius 2 is 1.49 bits per heavy atom. The third-order valence-electron chi connectivity index (χ3n) is 5.78. The number of thioether (sulfide) groups is 1. The van der Waals surface area contributed by atoms with Crippen molar-refractivity contribution in [2.24, 2.45) is 17.4 Å². The molecule has 4 unspecified atom stereocenters. The van der Waals surface area contributed by atoms with Crippen LogP contribution >= 0.6 is 11.8 Å². The van der Waals surface area contributed by atoms with Crippen LogP contribution in [0.5, 0.6) is 5.75 Å². The number of phenols is 1. The smallest absolute Gasteiger partial charge is 0.326 e. The van der Waals surface area contributed by atoms with Crippen molar-refractivity contribution < 1.29 is 29.4 Å². The summed E-state index contributed by atoms with van der Waals surface area (Å²) in [5.41, 5.74) is 12.4. The largest absolute Gasteiger partial charge is 0.508 e. The zero-order valence-corrected chi connectivity index (χ0v) is 22.6. The third-order valence-corrected chi connectivity index (χ3v) is 6.43. The zero-order valence-electron chi connectivity index (χ0n) is 21.7. The van der Waals surface area contributed by atoms with E-state index in [1.165, 1.54) is 23.9 Å². The fourth-order valence-corrected chi connectivity index (χ4v) is 4.03. The lowest BCUT2D eigenvalue weighted by Crippen LogP contribution is -2.57. The van der Waals surface area contributed by atoms with E-state index in [0.717, 1.165) is 5.56 Å². The van der Waals surface area contributed by atoms with Gasteiger partial charge >= 0.3 is 5.97 Å². The molecule has 0 fully saturated rings. The van der Waals surface area contributed by atoms with Crippen LogP contribution in [-0.2, 0) is 25.6 Å². The molecule has 4 atom stereocenters. The fourth-order valence-electron chi connectivity index (χ4n) is 3.56. The minimum absolute atomic E-state index is 0.0987. The van der Waals surface area contributed by atoms with Crippen molar-refractivity contribution in [2.45, 2.75) is 70.1 Å². The van der Waals surface area contributed by atoms with Crippen LogP contribution in [0.25, 0.3) is 0 Å².